The van der Waals surface area contributed by atoms with Crippen LogP contribution in [-0.4, -0.2) is 63.9 Å². The van der Waals surface area contributed by atoms with Gasteiger partial charge in [-0.1, -0.05) is 18.9 Å². The predicted octanol–water partition coefficient (Wildman–Crippen LogP) is 1.69. The summed E-state index contributed by atoms with van der Waals surface area (Å²) in [5.74, 6) is 0.979. The van der Waals surface area contributed by atoms with E-state index in [9.17, 15) is 13.2 Å². The van der Waals surface area contributed by atoms with E-state index in [0.29, 0.717) is 31.0 Å². The van der Waals surface area contributed by atoms with Crippen molar-refractivity contribution in [2.45, 2.75) is 44.2 Å². The van der Waals surface area contributed by atoms with E-state index in [1.165, 1.54) is 14.2 Å². The van der Waals surface area contributed by atoms with Gasteiger partial charge in [-0.05, 0) is 37.0 Å². The first-order valence-corrected chi connectivity index (χ1v) is 11.1. The number of carbonyl (C=O) groups is 1. The van der Waals surface area contributed by atoms with Crippen molar-refractivity contribution in [2.75, 3.05) is 34.4 Å². The number of nitrogens with one attached hydrogen (secondary N) is 1. The van der Waals surface area contributed by atoms with Gasteiger partial charge in [-0.25, -0.2) is 0 Å². The molecular weight excluding hydrogens is 382 g/mol. The molecule has 2 saturated heterocycles. The second-order valence-corrected chi connectivity index (χ2v) is 9.06. The van der Waals surface area contributed by atoms with E-state index in [4.69, 9.17) is 9.47 Å². The van der Waals surface area contributed by atoms with Crippen LogP contribution in [0, 0.1) is 0 Å². The van der Waals surface area contributed by atoms with Crippen LogP contribution in [0.3, 0.4) is 0 Å². The third-order valence-electron chi connectivity index (χ3n) is 5.58. The van der Waals surface area contributed by atoms with Crippen molar-refractivity contribution >= 4 is 16.1 Å². The van der Waals surface area contributed by atoms with Crippen LogP contribution in [-0.2, 0) is 15.0 Å². The van der Waals surface area contributed by atoms with E-state index in [0.717, 1.165) is 35.6 Å². The highest BCUT2D eigenvalue weighted by molar-refractivity contribution is 7.87. The maximum Gasteiger partial charge on any atom is 0.280 e. The zero-order valence-corrected chi connectivity index (χ0v) is 17.5. The van der Waals surface area contributed by atoms with Gasteiger partial charge < -0.3 is 14.4 Å². The van der Waals surface area contributed by atoms with Crippen molar-refractivity contribution in [1.29, 1.82) is 0 Å². The number of benzene rings is 1. The molecule has 2 unspecified atom stereocenters. The minimum Gasteiger partial charge on any atom is -0.493 e. The summed E-state index contributed by atoms with van der Waals surface area (Å²) in [7, 11) is 0.775. The zero-order valence-electron chi connectivity index (χ0n) is 16.7. The average Bonchev–Trinajstić information content (AvgIpc) is 2.98. The fourth-order valence-corrected chi connectivity index (χ4v) is 5.15. The Labute approximate surface area is 167 Å². The molecule has 1 N–H and O–H groups in total. The van der Waals surface area contributed by atoms with Crippen molar-refractivity contribution in [1.82, 2.24) is 13.9 Å². The summed E-state index contributed by atoms with van der Waals surface area (Å²) in [4.78, 5) is 15.0. The maximum absolute atomic E-state index is 13.2. The molecule has 2 atom stereocenters. The molecule has 3 rings (SSSR count). The molecule has 0 saturated carbocycles. The fourth-order valence-electron chi connectivity index (χ4n) is 3.88. The van der Waals surface area contributed by atoms with E-state index in [2.05, 4.69) is 4.72 Å². The van der Waals surface area contributed by atoms with Gasteiger partial charge in [0.25, 0.3) is 10.2 Å². The topological polar surface area (TPSA) is 88.2 Å². The van der Waals surface area contributed by atoms with Crippen LogP contribution in [0.5, 0.6) is 11.5 Å². The van der Waals surface area contributed by atoms with Gasteiger partial charge in [-0.15, -0.1) is 0 Å². The van der Waals surface area contributed by atoms with Gasteiger partial charge in [-0.3, -0.25) is 4.79 Å². The molecule has 0 radical (unpaired) electrons. The van der Waals surface area contributed by atoms with Gasteiger partial charge in [0.2, 0.25) is 5.91 Å². The quantitative estimate of drug-likeness (QED) is 0.815. The van der Waals surface area contributed by atoms with Gasteiger partial charge in [0.15, 0.2) is 11.5 Å². The Hall–Kier alpha value is -1.84. The number of likely N-dealkylation sites (N-methyl/N-ethyl adjacent to an activating group) is 1. The van der Waals surface area contributed by atoms with Crippen LogP contribution in [0.1, 0.15) is 43.7 Å². The number of carbonyl (C=O) groups excluding carboxylic acids is 1. The Morgan fingerprint density at radius 1 is 1.07 bits per heavy atom. The van der Waals surface area contributed by atoms with Crippen molar-refractivity contribution in [2.24, 2.45) is 0 Å². The second kappa shape index (κ2) is 8.67. The summed E-state index contributed by atoms with van der Waals surface area (Å²) in [5, 5.41) is 0. The first-order chi connectivity index (χ1) is 13.4. The number of hydrogen-bond acceptors (Lipinski definition) is 5. The third kappa shape index (κ3) is 4.26. The number of hydrogen-bond donors (Lipinski definition) is 1. The highest BCUT2D eigenvalue weighted by Crippen LogP contribution is 2.34. The van der Waals surface area contributed by atoms with E-state index < -0.39 is 22.3 Å². The van der Waals surface area contributed by atoms with Crippen molar-refractivity contribution in [3.05, 3.63) is 23.8 Å². The van der Waals surface area contributed by atoms with Gasteiger partial charge in [-0.2, -0.15) is 17.4 Å². The van der Waals surface area contributed by atoms with Crippen LogP contribution in [0.4, 0.5) is 0 Å². The fraction of sp³-hybridized carbons (Fsp3) is 0.632. The standard InChI is InChI=1S/C19H29N3O5S/c1-21-16(19(23)22-10-6-4-5-7-11-22)13-15(20-28(21,24)25)14-8-9-17(26-2)18(12-14)27-3/h8-9,12,15-16,20H,4-7,10-11,13H2,1-3H3. The molecule has 0 spiro atoms. The molecule has 156 valence electrons. The van der Waals surface area contributed by atoms with Crippen molar-refractivity contribution in [3.63, 3.8) is 0 Å². The minimum atomic E-state index is -3.77. The number of methoxy groups -OCH3 is 2. The van der Waals surface area contributed by atoms with Crippen molar-refractivity contribution < 1.29 is 22.7 Å². The molecule has 0 aliphatic carbocycles. The van der Waals surface area contributed by atoms with Crippen LogP contribution in [0.2, 0.25) is 0 Å². The highest BCUT2D eigenvalue weighted by atomic mass is 32.2. The Morgan fingerprint density at radius 2 is 1.71 bits per heavy atom. The van der Waals surface area contributed by atoms with E-state index in [1.807, 2.05) is 4.90 Å². The largest absolute Gasteiger partial charge is 0.493 e. The third-order valence-corrected chi connectivity index (χ3v) is 7.18. The van der Waals surface area contributed by atoms with E-state index in [1.54, 1.807) is 25.3 Å². The molecule has 0 bridgehead atoms. The smallest absolute Gasteiger partial charge is 0.280 e. The molecule has 1 aromatic rings. The number of nitrogens with zero attached hydrogens (tertiary/aromatic N) is 2. The maximum atomic E-state index is 13.2. The predicted molar refractivity (Wildman–Crippen MR) is 106 cm³/mol. The SMILES string of the molecule is COc1ccc(C2CC(C(=O)N3CCCCCC3)N(C)S(=O)(=O)N2)cc1OC. The lowest BCUT2D eigenvalue weighted by atomic mass is 9.98. The van der Waals surface area contributed by atoms with Gasteiger partial charge >= 0.3 is 0 Å². The van der Waals surface area contributed by atoms with Crippen molar-refractivity contribution in [3.8, 4) is 11.5 Å². The summed E-state index contributed by atoms with van der Waals surface area (Å²) >= 11 is 0. The molecular formula is C19H29N3O5S. The number of ether oxygens (including phenoxy) is 2. The lowest BCUT2D eigenvalue weighted by Crippen LogP contribution is -2.57. The Bertz CT molecular complexity index is 806. The molecule has 8 nitrogen and oxygen atoms in total. The second-order valence-electron chi connectivity index (χ2n) is 7.30. The lowest BCUT2D eigenvalue weighted by Gasteiger charge is -2.38. The van der Waals surface area contributed by atoms with Crippen LogP contribution in [0.15, 0.2) is 18.2 Å². The van der Waals surface area contributed by atoms with Crippen LogP contribution >= 0.6 is 0 Å². The van der Waals surface area contributed by atoms with Crippen LogP contribution < -0.4 is 14.2 Å². The number of amides is 1. The highest BCUT2D eigenvalue weighted by Gasteiger charge is 2.42. The van der Waals surface area contributed by atoms with Gasteiger partial charge in [0, 0.05) is 20.1 Å². The molecule has 28 heavy (non-hydrogen) atoms. The molecule has 2 aliphatic rings. The molecule has 0 aromatic heterocycles. The van der Waals surface area contributed by atoms with Gasteiger partial charge in [0.05, 0.1) is 20.3 Å². The molecule has 9 heteroatoms. The monoisotopic (exact) mass is 411 g/mol. The minimum absolute atomic E-state index is 0.111. The Balaban J connectivity index is 1.87. The first kappa shape index (κ1) is 20.9. The molecule has 2 fully saturated rings. The Morgan fingerprint density at radius 3 is 2.32 bits per heavy atom. The summed E-state index contributed by atoms with van der Waals surface area (Å²) in [6.45, 7) is 1.38. The number of likely N-dealkylation sites (tertiary alicyclic amines) is 1. The van der Waals surface area contributed by atoms with Gasteiger partial charge in [0.1, 0.15) is 6.04 Å². The summed E-state index contributed by atoms with van der Waals surface area (Å²) in [6, 6.07) is 4.06. The molecule has 2 heterocycles. The normalized spacial score (nSPS) is 25.8. The summed E-state index contributed by atoms with van der Waals surface area (Å²) in [5.41, 5.74) is 0.739. The van der Waals surface area contributed by atoms with E-state index in [-0.39, 0.29) is 5.91 Å². The summed E-state index contributed by atoms with van der Waals surface area (Å²) < 4.78 is 39.8. The zero-order chi connectivity index (χ0) is 20.3. The summed E-state index contributed by atoms with van der Waals surface area (Å²) in [6.07, 6.45) is 4.51. The van der Waals surface area contributed by atoms with E-state index >= 15 is 0 Å². The van der Waals surface area contributed by atoms with Crippen LogP contribution in [0.25, 0.3) is 0 Å². The number of rotatable bonds is 4. The molecule has 2 aliphatic heterocycles. The molecule has 1 amide bonds. The first-order valence-electron chi connectivity index (χ1n) is 9.63. The average molecular weight is 412 g/mol. The lowest BCUT2D eigenvalue weighted by molar-refractivity contribution is -0.135. The molecule has 1 aromatic carbocycles. The Kier molecular flexibility index (Phi) is 6.47.